The van der Waals surface area contributed by atoms with Gasteiger partial charge in [0.25, 0.3) is 5.91 Å². The maximum Gasteiger partial charge on any atom is 0.283 e. The molecule has 37 heavy (non-hydrogen) atoms. The molecule has 6 nitrogen and oxygen atoms in total. The number of carbonyl (C=O) groups is 1. The summed E-state index contributed by atoms with van der Waals surface area (Å²) in [5.74, 6) is 8.43. The van der Waals surface area contributed by atoms with E-state index in [2.05, 4.69) is 57.7 Å². The highest BCUT2D eigenvalue weighted by Crippen LogP contribution is 2.34. The van der Waals surface area contributed by atoms with Crippen LogP contribution in [0.4, 0.5) is 5.82 Å². The minimum absolute atomic E-state index is 0.0455. The van der Waals surface area contributed by atoms with Crippen LogP contribution in [0.2, 0.25) is 0 Å². The Balaban J connectivity index is 1.44. The first-order chi connectivity index (χ1) is 18.2. The zero-order valence-electron chi connectivity index (χ0n) is 20.7. The van der Waals surface area contributed by atoms with Crippen LogP contribution < -0.4 is 4.90 Å². The normalized spacial score (nSPS) is 16.1. The molecule has 0 unspecified atom stereocenters. The largest absolute Gasteiger partial charge is 0.299 e. The van der Waals surface area contributed by atoms with E-state index < -0.39 is 0 Å². The number of hydrogen-bond acceptors (Lipinski definition) is 4. The van der Waals surface area contributed by atoms with Crippen LogP contribution in [0, 0.1) is 11.8 Å². The standard InChI is InChI=1S/C31H27N5O/c1-2-34-30(37)28-29(36-22-26(32-31(34)36)20-24-14-8-4-9-15-24)35(21-25-16-10-5-11-17-25)27(33-28)19-18-23-12-6-3-7-13-23/h3-17,26H,2,20-22H2,1H3/t26-/m1/s1. The monoisotopic (exact) mass is 485 g/mol. The molecule has 0 N–H and O–H groups in total. The van der Waals surface area contributed by atoms with Gasteiger partial charge in [-0.05, 0) is 42.5 Å². The maximum absolute atomic E-state index is 13.6. The van der Waals surface area contributed by atoms with Crippen LogP contribution in [0.5, 0.6) is 0 Å². The smallest absolute Gasteiger partial charge is 0.283 e. The molecule has 3 aromatic carbocycles. The highest BCUT2D eigenvalue weighted by molar-refractivity contribution is 6.18. The Bertz CT molecular complexity index is 1510. The van der Waals surface area contributed by atoms with Gasteiger partial charge in [-0.3, -0.25) is 19.2 Å². The molecular formula is C31H27N5O. The number of rotatable bonds is 5. The van der Waals surface area contributed by atoms with Gasteiger partial charge in [-0.25, -0.2) is 9.98 Å². The van der Waals surface area contributed by atoms with E-state index in [-0.39, 0.29) is 11.9 Å². The van der Waals surface area contributed by atoms with Crippen LogP contribution in [0.1, 0.15) is 39.9 Å². The fourth-order valence-corrected chi connectivity index (χ4v) is 4.99. The van der Waals surface area contributed by atoms with Crippen molar-refractivity contribution in [1.29, 1.82) is 0 Å². The average Bonchev–Trinajstić information content (AvgIpc) is 3.51. The average molecular weight is 486 g/mol. The van der Waals surface area contributed by atoms with Gasteiger partial charge in [-0.1, -0.05) is 84.8 Å². The van der Waals surface area contributed by atoms with Gasteiger partial charge in [0.05, 0.1) is 19.1 Å². The fourth-order valence-electron chi connectivity index (χ4n) is 4.99. The number of benzene rings is 3. The van der Waals surface area contributed by atoms with Crippen molar-refractivity contribution in [1.82, 2.24) is 14.5 Å². The third-order valence-corrected chi connectivity index (χ3v) is 6.72. The van der Waals surface area contributed by atoms with Crippen LogP contribution >= 0.6 is 0 Å². The molecule has 182 valence electrons. The highest BCUT2D eigenvalue weighted by Gasteiger charge is 2.43. The fraction of sp³-hybridized carbons (Fsp3) is 0.194. The number of anilines is 1. The number of carbonyl (C=O) groups excluding carboxylic acids is 1. The summed E-state index contributed by atoms with van der Waals surface area (Å²) in [6.45, 7) is 3.76. The van der Waals surface area contributed by atoms with Crippen LogP contribution in [-0.2, 0) is 13.0 Å². The molecule has 3 heterocycles. The third kappa shape index (κ3) is 4.41. The number of hydrogen-bond donors (Lipinski definition) is 0. The minimum atomic E-state index is -0.123. The molecule has 0 spiro atoms. The van der Waals surface area contributed by atoms with Gasteiger partial charge in [0, 0.05) is 12.1 Å². The molecule has 0 aliphatic carbocycles. The van der Waals surface area contributed by atoms with Crippen molar-refractivity contribution in [2.45, 2.75) is 25.9 Å². The molecule has 1 aromatic heterocycles. The molecular weight excluding hydrogens is 458 g/mol. The number of nitrogens with zero attached hydrogens (tertiary/aromatic N) is 5. The molecule has 1 atom stereocenters. The van der Waals surface area contributed by atoms with Crippen molar-refractivity contribution in [2.24, 2.45) is 4.99 Å². The van der Waals surface area contributed by atoms with Crippen molar-refractivity contribution in [2.75, 3.05) is 18.0 Å². The summed E-state index contributed by atoms with van der Waals surface area (Å²) in [6, 6.07) is 30.5. The molecule has 0 saturated carbocycles. The Labute approximate surface area is 216 Å². The number of aromatic nitrogens is 2. The minimum Gasteiger partial charge on any atom is -0.299 e. The lowest BCUT2D eigenvalue weighted by Crippen LogP contribution is -2.50. The van der Waals surface area contributed by atoms with Gasteiger partial charge >= 0.3 is 0 Å². The summed E-state index contributed by atoms with van der Waals surface area (Å²) < 4.78 is 2.08. The van der Waals surface area contributed by atoms with E-state index in [1.807, 2.05) is 61.5 Å². The lowest BCUT2D eigenvalue weighted by atomic mass is 10.1. The molecule has 1 amide bonds. The SMILES string of the molecule is CCN1C(=O)c2nc(C#Cc3ccccc3)n(Cc3ccccc3)c2N2C[C@@H](Cc3ccccc3)N=C12. The van der Waals surface area contributed by atoms with Crippen molar-refractivity contribution in [3.05, 3.63) is 119 Å². The maximum atomic E-state index is 13.6. The molecule has 0 radical (unpaired) electrons. The van der Waals surface area contributed by atoms with Crippen molar-refractivity contribution >= 4 is 17.7 Å². The molecule has 6 heteroatoms. The van der Waals surface area contributed by atoms with E-state index in [9.17, 15) is 4.79 Å². The topological polar surface area (TPSA) is 53.7 Å². The van der Waals surface area contributed by atoms with Crippen LogP contribution in [0.25, 0.3) is 0 Å². The first-order valence-electron chi connectivity index (χ1n) is 12.6. The number of amides is 1. The number of fused-ring (bicyclic) bond motifs is 3. The quantitative estimate of drug-likeness (QED) is 0.389. The van der Waals surface area contributed by atoms with Gasteiger partial charge in [0.1, 0.15) is 5.82 Å². The number of imidazole rings is 1. The third-order valence-electron chi connectivity index (χ3n) is 6.72. The number of guanidine groups is 1. The summed E-state index contributed by atoms with van der Waals surface area (Å²) in [5, 5.41) is 0. The van der Waals surface area contributed by atoms with Crippen LogP contribution in [-0.4, -0.2) is 45.4 Å². The van der Waals surface area contributed by atoms with Crippen molar-refractivity contribution < 1.29 is 4.79 Å². The number of aliphatic imine (C=N–C) groups is 1. The van der Waals surface area contributed by atoms with Crippen LogP contribution in [0.3, 0.4) is 0 Å². The zero-order valence-corrected chi connectivity index (χ0v) is 20.7. The van der Waals surface area contributed by atoms with Crippen molar-refractivity contribution in [3.8, 4) is 11.8 Å². The Hall–Kier alpha value is -4.63. The Morgan fingerprint density at radius 2 is 1.51 bits per heavy atom. The van der Waals surface area contributed by atoms with Gasteiger partial charge in [0.15, 0.2) is 11.5 Å². The van der Waals surface area contributed by atoms with Gasteiger partial charge in [-0.15, -0.1) is 0 Å². The second kappa shape index (κ2) is 9.79. The summed E-state index contributed by atoms with van der Waals surface area (Å²) in [7, 11) is 0. The van der Waals surface area contributed by atoms with Crippen LogP contribution in [0.15, 0.2) is 96.0 Å². The Kier molecular flexibility index (Phi) is 6.03. The molecule has 2 aliphatic heterocycles. The summed E-state index contributed by atoms with van der Waals surface area (Å²) >= 11 is 0. The molecule has 4 aromatic rings. The van der Waals surface area contributed by atoms with E-state index in [4.69, 9.17) is 9.98 Å². The molecule has 0 saturated heterocycles. The zero-order chi connectivity index (χ0) is 25.2. The molecule has 0 fully saturated rings. The van der Waals surface area contributed by atoms with E-state index in [0.717, 1.165) is 23.4 Å². The van der Waals surface area contributed by atoms with E-state index >= 15 is 0 Å². The molecule has 2 aliphatic rings. The summed E-state index contributed by atoms with van der Waals surface area (Å²) in [4.78, 5) is 27.4. The molecule has 6 rings (SSSR count). The summed E-state index contributed by atoms with van der Waals surface area (Å²) in [5.41, 5.74) is 3.70. The second-order valence-corrected chi connectivity index (χ2v) is 9.23. The van der Waals surface area contributed by atoms with Gasteiger partial charge in [-0.2, -0.15) is 0 Å². The van der Waals surface area contributed by atoms with E-state index in [0.29, 0.717) is 37.1 Å². The summed E-state index contributed by atoms with van der Waals surface area (Å²) in [6.07, 6.45) is 0.815. The lowest BCUT2D eigenvalue weighted by molar-refractivity contribution is 0.0841. The predicted molar refractivity (Wildman–Crippen MR) is 146 cm³/mol. The predicted octanol–water partition coefficient (Wildman–Crippen LogP) is 4.59. The Morgan fingerprint density at radius 3 is 2.19 bits per heavy atom. The van der Waals surface area contributed by atoms with Crippen molar-refractivity contribution in [3.63, 3.8) is 0 Å². The first kappa shape index (κ1) is 22.8. The van der Waals surface area contributed by atoms with E-state index in [1.54, 1.807) is 4.90 Å². The van der Waals surface area contributed by atoms with Gasteiger partial charge in [0.2, 0.25) is 5.96 Å². The first-order valence-corrected chi connectivity index (χ1v) is 12.6. The van der Waals surface area contributed by atoms with E-state index in [1.165, 1.54) is 5.56 Å². The highest BCUT2D eigenvalue weighted by atomic mass is 16.2. The lowest BCUT2D eigenvalue weighted by Gasteiger charge is -2.33. The molecule has 0 bridgehead atoms. The second-order valence-electron chi connectivity index (χ2n) is 9.23. The Morgan fingerprint density at radius 1 is 0.865 bits per heavy atom. The van der Waals surface area contributed by atoms with Gasteiger partial charge < -0.3 is 0 Å².